The van der Waals surface area contributed by atoms with E-state index in [-0.39, 0.29) is 27.3 Å². The van der Waals surface area contributed by atoms with E-state index in [0.717, 1.165) is 11.8 Å². The van der Waals surface area contributed by atoms with Crippen molar-refractivity contribution in [2.45, 2.75) is 26.4 Å². The van der Waals surface area contributed by atoms with Gasteiger partial charge in [-0.25, -0.2) is 18.6 Å². The van der Waals surface area contributed by atoms with Crippen molar-refractivity contribution in [3.63, 3.8) is 0 Å². The van der Waals surface area contributed by atoms with Crippen LogP contribution in [0.3, 0.4) is 0 Å². The summed E-state index contributed by atoms with van der Waals surface area (Å²) >= 11 is 3.02. The minimum absolute atomic E-state index is 0.0575. The van der Waals surface area contributed by atoms with Gasteiger partial charge in [-0.1, -0.05) is 0 Å². The van der Waals surface area contributed by atoms with Gasteiger partial charge in [0.2, 0.25) is 0 Å². The summed E-state index contributed by atoms with van der Waals surface area (Å²) in [6.45, 7) is 7.93. The first-order chi connectivity index (χ1) is 19.0. The van der Waals surface area contributed by atoms with Crippen LogP contribution in [0, 0.1) is 11.6 Å². The standard InChI is InChI=1S/C29H27BrF2N4O4/c1-29(2,3)40-28(38)35-14-12-34(13-15-35)18-4-6-19(7-5-18)36-17-33-24-11-8-20(16-21(24)27(36)37)39-26-23(31)10-9-22(30)25(26)32/h4-11,16-17H,12-15H2,1-3H3. The van der Waals surface area contributed by atoms with Gasteiger partial charge in [0.25, 0.3) is 5.56 Å². The number of hydrogen-bond donors (Lipinski definition) is 0. The van der Waals surface area contributed by atoms with Crippen LogP contribution in [0.4, 0.5) is 19.3 Å². The quantitative estimate of drug-likeness (QED) is 0.253. The van der Waals surface area contributed by atoms with Gasteiger partial charge < -0.3 is 19.3 Å². The normalized spacial score (nSPS) is 13.9. The van der Waals surface area contributed by atoms with E-state index < -0.39 is 23.0 Å². The van der Waals surface area contributed by atoms with Crippen LogP contribution < -0.4 is 15.2 Å². The van der Waals surface area contributed by atoms with E-state index in [1.165, 1.54) is 29.1 Å². The molecule has 0 saturated carbocycles. The molecule has 1 saturated heterocycles. The van der Waals surface area contributed by atoms with E-state index in [2.05, 4.69) is 25.8 Å². The van der Waals surface area contributed by atoms with Gasteiger partial charge in [0.15, 0.2) is 17.4 Å². The number of halogens is 3. The van der Waals surface area contributed by atoms with Crippen LogP contribution >= 0.6 is 15.9 Å². The molecule has 208 valence electrons. The Morgan fingerprint density at radius 2 is 1.62 bits per heavy atom. The summed E-state index contributed by atoms with van der Waals surface area (Å²) in [7, 11) is 0. The second-order valence-corrected chi connectivity index (χ2v) is 11.2. The number of anilines is 1. The van der Waals surface area contributed by atoms with E-state index in [9.17, 15) is 18.4 Å². The Morgan fingerprint density at radius 1 is 0.950 bits per heavy atom. The minimum atomic E-state index is -0.880. The summed E-state index contributed by atoms with van der Waals surface area (Å²) in [6.07, 6.45) is 1.12. The van der Waals surface area contributed by atoms with Crippen molar-refractivity contribution < 1.29 is 23.0 Å². The highest BCUT2D eigenvalue weighted by molar-refractivity contribution is 9.10. The molecule has 0 aliphatic carbocycles. The largest absolute Gasteiger partial charge is 0.451 e. The first kappa shape index (κ1) is 27.6. The number of nitrogens with zero attached hydrogens (tertiary/aromatic N) is 4. The summed E-state index contributed by atoms with van der Waals surface area (Å²) in [4.78, 5) is 33.9. The second-order valence-electron chi connectivity index (χ2n) is 10.3. The van der Waals surface area contributed by atoms with Crippen molar-refractivity contribution in [3.8, 4) is 17.2 Å². The van der Waals surface area contributed by atoms with E-state index in [0.29, 0.717) is 37.4 Å². The number of ether oxygens (including phenoxy) is 2. The molecule has 40 heavy (non-hydrogen) atoms. The van der Waals surface area contributed by atoms with Crippen LogP contribution in [0.25, 0.3) is 16.6 Å². The first-order valence-electron chi connectivity index (χ1n) is 12.7. The van der Waals surface area contributed by atoms with E-state index >= 15 is 0 Å². The number of piperazine rings is 1. The van der Waals surface area contributed by atoms with Gasteiger partial charge >= 0.3 is 6.09 Å². The Bertz CT molecular complexity index is 1630. The molecule has 1 aromatic heterocycles. The maximum absolute atomic E-state index is 14.4. The lowest BCUT2D eigenvalue weighted by atomic mass is 10.2. The molecule has 0 atom stereocenters. The van der Waals surface area contributed by atoms with Crippen LogP contribution in [-0.2, 0) is 4.74 Å². The number of rotatable bonds is 4. The molecule has 0 radical (unpaired) electrons. The Balaban J connectivity index is 1.33. The summed E-state index contributed by atoms with van der Waals surface area (Å²) in [5, 5.41) is 0.234. The highest BCUT2D eigenvalue weighted by Gasteiger charge is 2.26. The zero-order chi connectivity index (χ0) is 28.6. The Hall–Kier alpha value is -3.99. The number of hydrogen-bond acceptors (Lipinski definition) is 6. The van der Waals surface area contributed by atoms with Crippen LogP contribution in [0.2, 0.25) is 0 Å². The summed E-state index contributed by atoms with van der Waals surface area (Å²) in [5.41, 5.74) is 1.09. The molecule has 11 heteroatoms. The number of carbonyl (C=O) groups excluding carboxylic acids is 1. The zero-order valence-electron chi connectivity index (χ0n) is 22.2. The molecule has 0 spiro atoms. The third kappa shape index (κ3) is 5.79. The molecule has 1 aliphatic rings. The molecule has 3 aromatic carbocycles. The van der Waals surface area contributed by atoms with Crippen molar-refractivity contribution in [2.75, 3.05) is 31.1 Å². The van der Waals surface area contributed by atoms with E-state index in [4.69, 9.17) is 9.47 Å². The molecule has 4 aromatic rings. The van der Waals surface area contributed by atoms with Crippen molar-refractivity contribution in [3.05, 3.63) is 87.4 Å². The number of fused-ring (bicyclic) bond motifs is 1. The molecule has 1 amide bonds. The smallest absolute Gasteiger partial charge is 0.410 e. The SMILES string of the molecule is CC(C)(C)OC(=O)N1CCN(c2ccc(-n3cnc4ccc(Oc5c(F)ccc(Br)c5F)cc4c3=O)cc2)CC1. The molecule has 5 rings (SSSR count). The second kappa shape index (κ2) is 10.9. The van der Waals surface area contributed by atoms with Crippen molar-refractivity contribution >= 4 is 38.6 Å². The Kier molecular flexibility index (Phi) is 7.50. The topological polar surface area (TPSA) is 76.9 Å². The lowest BCUT2D eigenvalue weighted by Gasteiger charge is -2.36. The average Bonchev–Trinajstić information content (AvgIpc) is 2.93. The van der Waals surface area contributed by atoms with Crippen molar-refractivity contribution in [1.82, 2.24) is 14.5 Å². The summed E-state index contributed by atoms with van der Waals surface area (Å²) in [6, 6.07) is 14.3. The average molecular weight is 613 g/mol. The highest BCUT2D eigenvalue weighted by Crippen LogP contribution is 2.32. The van der Waals surface area contributed by atoms with Crippen molar-refractivity contribution in [1.29, 1.82) is 0 Å². The number of amides is 1. The summed E-state index contributed by atoms with van der Waals surface area (Å²) in [5.74, 6) is -2.22. The summed E-state index contributed by atoms with van der Waals surface area (Å²) < 4.78 is 41.0. The fourth-order valence-electron chi connectivity index (χ4n) is 4.37. The van der Waals surface area contributed by atoms with Gasteiger partial charge in [0, 0.05) is 31.9 Å². The maximum atomic E-state index is 14.4. The molecule has 8 nitrogen and oxygen atoms in total. The lowest BCUT2D eigenvalue weighted by Crippen LogP contribution is -2.50. The zero-order valence-corrected chi connectivity index (χ0v) is 23.7. The van der Waals surface area contributed by atoms with Gasteiger partial charge in [-0.05, 0) is 91.3 Å². The number of carbonyl (C=O) groups is 1. The van der Waals surface area contributed by atoms with Crippen LogP contribution in [0.1, 0.15) is 20.8 Å². The van der Waals surface area contributed by atoms with Crippen LogP contribution in [0.15, 0.2) is 70.2 Å². The first-order valence-corrected chi connectivity index (χ1v) is 13.5. The Morgan fingerprint density at radius 3 is 2.30 bits per heavy atom. The molecule has 2 heterocycles. The van der Waals surface area contributed by atoms with Gasteiger partial charge in [-0.2, -0.15) is 0 Å². The maximum Gasteiger partial charge on any atom is 0.410 e. The van der Waals surface area contributed by atoms with E-state index in [1.807, 2.05) is 45.0 Å². The van der Waals surface area contributed by atoms with Gasteiger partial charge in [-0.3, -0.25) is 9.36 Å². The number of benzene rings is 3. The fourth-order valence-corrected chi connectivity index (χ4v) is 4.68. The third-order valence-electron chi connectivity index (χ3n) is 6.38. The predicted octanol–water partition coefficient (Wildman–Crippen LogP) is 6.28. The minimum Gasteiger partial charge on any atom is -0.451 e. The fraction of sp³-hybridized carbons (Fsp3) is 0.276. The van der Waals surface area contributed by atoms with Gasteiger partial charge in [-0.15, -0.1) is 0 Å². The van der Waals surface area contributed by atoms with Crippen LogP contribution in [0.5, 0.6) is 11.5 Å². The molecule has 0 unspecified atom stereocenters. The van der Waals surface area contributed by atoms with Gasteiger partial charge in [0.05, 0.1) is 21.1 Å². The third-order valence-corrected chi connectivity index (χ3v) is 6.99. The van der Waals surface area contributed by atoms with Gasteiger partial charge in [0.1, 0.15) is 17.7 Å². The number of aromatic nitrogens is 2. The molecular weight excluding hydrogens is 586 g/mol. The highest BCUT2D eigenvalue weighted by atomic mass is 79.9. The van der Waals surface area contributed by atoms with Crippen molar-refractivity contribution in [2.24, 2.45) is 0 Å². The predicted molar refractivity (Wildman–Crippen MR) is 151 cm³/mol. The molecule has 0 N–H and O–H groups in total. The van der Waals surface area contributed by atoms with E-state index in [1.54, 1.807) is 11.0 Å². The molecule has 1 fully saturated rings. The molecule has 1 aliphatic heterocycles. The lowest BCUT2D eigenvalue weighted by molar-refractivity contribution is 0.0240. The monoisotopic (exact) mass is 612 g/mol. The molecular formula is C29H27BrF2N4O4. The molecule has 0 bridgehead atoms. The Labute approximate surface area is 237 Å². The van der Waals surface area contributed by atoms with Crippen LogP contribution in [-0.4, -0.2) is 52.3 Å².